The van der Waals surface area contributed by atoms with Crippen molar-refractivity contribution in [3.05, 3.63) is 0 Å². The third kappa shape index (κ3) is 2.41. The van der Waals surface area contributed by atoms with Crippen molar-refractivity contribution in [2.45, 2.75) is 77.3 Å². The average Bonchev–Trinajstić information content (AvgIpc) is 2.30. The second kappa shape index (κ2) is 5.20. The van der Waals surface area contributed by atoms with Crippen LogP contribution in [0.1, 0.15) is 65.2 Å². The van der Waals surface area contributed by atoms with Gasteiger partial charge in [0, 0.05) is 18.0 Å². The molecule has 0 aromatic rings. The number of likely N-dealkylation sites (tertiary alicyclic amines) is 1. The summed E-state index contributed by atoms with van der Waals surface area (Å²) in [5.41, 5.74) is 0. The van der Waals surface area contributed by atoms with Crippen molar-refractivity contribution in [3.63, 3.8) is 0 Å². The van der Waals surface area contributed by atoms with E-state index in [1.165, 1.54) is 38.5 Å². The van der Waals surface area contributed by atoms with E-state index in [4.69, 9.17) is 0 Å². The molecule has 2 atom stereocenters. The summed E-state index contributed by atoms with van der Waals surface area (Å²) in [7, 11) is 0. The Morgan fingerprint density at radius 2 is 1.44 bits per heavy atom. The molecule has 92 valence electrons. The Morgan fingerprint density at radius 1 is 0.875 bits per heavy atom. The summed E-state index contributed by atoms with van der Waals surface area (Å²) in [5.74, 6) is 0.802. The smallest absolute Gasteiger partial charge is 0.226 e. The number of hydrogen-bond donors (Lipinski definition) is 0. The van der Waals surface area contributed by atoms with Gasteiger partial charge in [0.2, 0.25) is 5.91 Å². The summed E-state index contributed by atoms with van der Waals surface area (Å²) in [6.07, 6.45) is 9.79. The maximum atomic E-state index is 12.5. The molecule has 2 nitrogen and oxygen atoms in total. The number of nitrogens with zero attached hydrogens (tertiary/aromatic N) is 1. The molecule has 2 fully saturated rings. The van der Waals surface area contributed by atoms with E-state index in [-0.39, 0.29) is 0 Å². The fourth-order valence-electron chi connectivity index (χ4n) is 3.42. The molecule has 1 aliphatic carbocycles. The molecule has 16 heavy (non-hydrogen) atoms. The van der Waals surface area contributed by atoms with Crippen molar-refractivity contribution in [3.8, 4) is 0 Å². The Labute approximate surface area is 99.4 Å². The van der Waals surface area contributed by atoms with Crippen molar-refractivity contribution in [1.29, 1.82) is 0 Å². The normalized spacial score (nSPS) is 32.8. The molecule has 0 spiro atoms. The van der Waals surface area contributed by atoms with E-state index in [9.17, 15) is 4.79 Å². The summed E-state index contributed by atoms with van der Waals surface area (Å²) in [5, 5.41) is 0. The molecule has 0 aromatic heterocycles. The third-order valence-electron chi connectivity index (χ3n) is 4.40. The Balaban J connectivity index is 2.00. The summed E-state index contributed by atoms with van der Waals surface area (Å²) < 4.78 is 0. The molecule has 0 bridgehead atoms. The van der Waals surface area contributed by atoms with Gasteiger partial charge in [-0.2, -0.15) is 0 Å². The first-order chi connectivity index (χ1) is 7.70. The van der Waals surface area contributed by atoms with Crippen LogP contribution in [0.15, 0.2) is 0 Å². The summed E-state index contributed by atoms with van der Waals surface area (Å²) in [6.45, 7) is 4.44. The summed E-state index contributed by atoms with van der Waals surface area (Å²) in [4.78, 5) is 14.7. The van der Waals surface area contributed by atoms with Crippen molar-refractivity contribution in [1.82, 2.24) is 4.90 Å². The van der Waals surface area contributed by atoms with Crippen LogP contribution in [0.5, 0.6) is 0 Å². The predicted octanol–water partition coefficient (Wildman–Crippen LogP) is 3.36. The molecular weight excluding hydrogens is 198 g/mol. The lowest BCUT2D eigenvalue weighted by molar-refractivity contribution is -0.142. The van der Waals surface area contributed by atoms with Gasteiger partial charge in [0.25, 0.3) is 0 Å². The first-order valence-corrected chi connectivity index (χ1v) is 7.02. The third-order valence-corrected chi connectivity index (χ3v) is 4.40. The van der Waals surface area contributed by atoms with Gasteiger partial charge in [-0.1, -0.05) is 19.3 Å². The standard InChI is InChI=1S/C14H25NO/c1-11-7-6-8-12(2)15(11)14(16)13-9-4-3-5-10-13/h11-13H,3-10H2,1-2H3/t11-,12-/m1/s1. The second-order valence-corrected chi connectivity index (χ2v) is 5.71. The first kappa shape index (κ1) is 11.9. The van der Waals surface area contributed by atoms with E-state index in [2.05, 4.69) is 18.7 Å². The molecule has 0 aromatic carbocycles. The monoisotopic (exact) mass is 223 g/mol. The molecule has 2 rings (SSSR count). The van der Waals surface area contributed by atoms with E-state index in [1.54, 1.807) is 0 Å². The molecule has 2 heteroatoms. The molecule has 0 radical (unpaired) electrons. The number of amides is 1. The highest BCUT2D eigenvalue weighted by Gasteiger charge is 2.33. The van der Waals surface area contributed by atoms with Gasteiger partial charge in [-0.15, -0.1) is 0 Å². The number of rotatable bonds is 1. The first-order valence-electron chi connectivity index (χ1n) is 7.02. The minimum atomic E-state index is 0.344. The van der Waals surface area contributed by atoms with Gasteiger partial charge in [-0.25, -0.2) is 0 Å². The number of carbonyl (C=O) groups excluding carboxylic acids is 1. The van der Waals surface area contributed by atoms with Crippen LogP contribution in [0.25, 0.3) is 0 Å². The molecule has 1 aliphatic heterocycles. The number of carbonyl (C=O) groups is 1. The fraction of sp³-hybridized carbons (Fsp3) is 0.929. The predicted molar refractivity (Wildman–Crippen MR) is 66.2 cm³/mol. The summed E-state index contributed by atoms with van der Waals surface area (Å²) >= 11 is 0. The van der Waals surface area contributed by atoms with E-state index in [0.717, 1.165) is 12.8 Å². The lowest BCUT2D eigenvalue weighted by atomic mass is 9.86. The Morgan fingerprint density at radius 3 is 2.00 bits per heavy atom. The summed E-state index contributed by atoms with van der Waals surface area (Å²) in [6, 6.07) is 0.941. The molecule has 2 aliphatic rings. The van der Waals surface area contributed by atoms with E-state index in [1.807, 2.05) is 0 Å². The maximum absolute atomic E-state index is 12.5. The van der Waals surface area contributed by atoms with Crippen LogP contribution in [0, 0.1) is 5.92 Å². The van der Waals surface area contributed by atoms with Crippen molar-refractivity contribution in [2.24, 2.45) is 5.92 Å². The van der Waals surface area contributed by atoms with E-state index in [0.29, 0.717) is 23.9 Å². The van der Waals surface area contributed by atoms with Gasteiger partial charge in [0.15, 0.2) is 0 Å². The van der Waals surface area contributed by atoms with Crippen molar-refractivity contribution in [2.75, 3.05) is 0 Å². The van der Waals surface area contributed by atoms with Crippen LogP contribution in [0.2, 0.25) is 0 Å². The zero-order valence-electron chi connectivity index (χ0n) is 10.7. The number of piperidine rings is 1. The molecular formula is C14H25NO. The van der Waals surface area contributed by atoms with Crippen molar-refractivity contribution < 1.29 is 4.79 Å². The zero-order chi connectivity index (χ0) is 11.5. The zero-order valence-corrected chi connectivity index (χ0v) is 10.7. The Kier molecular flexibility index (Phi) is 3.88. The molecule has 0 N–H and O–H groups in total. The SMILES string of the molecule is C[C@@H]1CCC[C@@H](C)N1C(=O)C1CCCCC1. The van der Waals surface area contributed by atoms with Crippen molar-refractivity contribution >= 4 is 5.91 Å². The van der Waals surface area contributed by atoms with Gasteiger partial charge in [-0.3, -0.25) is 4.79 Å². The van der Waals surface area contributed by atoms with Crippen LogP contribution in [0.4, 0.5) is 0 Å². The van der Waals surface area contributed by atoms with Gasteiger partial charge in [0.05, 0.1) is 0 Å². The topological polar surface area (TPSA) is 20.3 Å². The molecule has 1 amide bonds. The lowest BCUT2D eigenvalue weighted by Crippen LogP contribution is -2.50. The van der Waals surface area contributed by atoms with Crippen LogP contribution in [-0.4, -0.2) is 22.9 Å². The van der Waals surface area contributed by atoms with E-state index >= 15 is 0 Å². The van der Waals surface area contributed by atoms with E-state index < -0.39 is 0 Å². The van der Waals surface area contributed by atoms with Gasteiger partial charge >= 0.3 is 0 Å². The van der Waals surface area contributed by atoms with Gasteiger partial charge in [-0.05, 0) is 46.0 Å². The van der Waals surface area contributed by atoms with Gasteiger partial charge in [0.1, 0.15) is 0 Å². The quantitative estimate of drug-likeness (QED) is 0.667. The molecule has 1 saturated heterocycles. The van der Waals surface area contributed by atoms with Crippen LogP contribution in [0.3, 0.4) is 0 Å². The van der Waals surface area contributed by atoms with Crippen LogP contribution < -0.4 is 0 Å². The highest BCUT2D eigenvalue weighted by molar-refractivity contribution is 5.79. The maximum Gasteiger partial charge on any atom is 0.226 e. The largest absolute Gasteiger partial charge is 0.337 e. The second-order valence-electron chi connectivity index (χ2n) is 5.71. The van der Waals surface area contributed by atoms with Gasteiger partial charge < -0.3 is 4.90 Å². The minimum Gasteiger partial charge on any atom is -0.337 e. The molecule has 0 unspecified atom stereocenters. The highest BCUT2D eigenvalue weighted by atomic mass is 16.2. The minimum absolute atomic E-state index is 0.344. The van der Waals surface area contributed by atoms with Crippen LogP contribution in [-0.2, 0) is 4.79 Å². The van der Waals surface area contributed by atoms with Crippen LogP contribution >= 0.6 is 0 Å². The lowest BCUT2D eigenvalue weighted by Gasteiger charge is -2.41. The Hall–Kier alpha value is -0.530. The molecule has 1 heterocycles. The highest BCUT2D eigenvalue weighted by Crippen LogP contribution is 2.30. The molecule has 1 saturated carbocycles. The fourth-order valence-corrected chi connectivity index (χ4v) is 3.42. The number of hydrogen-bond acceptors (Lipinski definition) is 1. The average molecular weight is 223 g/mol. The Bertz CT molecular complexity index is 235.